The number of nitro benzene ring substituents is 1. The standard InChI is InChI=1S/C21H24N2O4/c1-14-8-9-18(12-15(14)2)20(24)10-11-21(25)22(4)16(3)17-6-5-7-19(13-17)23(26)27/h5-9,12-13,16H,10-11H2,1-4H3/t16-/m1/s1. The van der Waals surface area contributed by atoms with E-state index in [1.165, 1.54) is 17.0 Å². The molecular formula is C21H24N2O4. The summed E-state index contributed by atoms with van der Waals surface area (Å²) in [5, 5.41) is 10.9. The fourth-order valence-electron chi connectivity index (χ4n) is 2.79. The van der Waals surface area contributed by atoms with Gasteiger partial charge in [0.1, 0.15) is 0 Å². The van der Waals surface area contributed by atoms with Crippen LogP contribution in [-0.2, 0) is 4.79 Å². The van der Waals surface area contributed by atoms with Crippen LogP contribution in [0.15, 0.2) is 42.5 Å². The highest BCUT2D eigenvalue weighted by atomic mass is 16.6. The smallest absolute Gasteiger partial charge is 0.269 e. The number of rotatable bonds is 7. The fraction of sp³-hybridized carbons (Fsp3) is 0.333. The molecule has 0 radical (unpaired) electrons. The van der Waals surface area contributed by atoms with Crippen molar-refractivity contribution in [1.29, 1.82) is 0 Å². The van der Waals surface area contributed by atoms with Crippen molar-refractivity contribution in [3.05, 3.63) is 74.8 Å². The summed E-state index contributed by atoms with van der Waals surface area (Å²) in [5.41, 5.74) is 3.45. The molecular weight excluding hydrogens is 344 g/mol. The van der Waals surface area contributed by atoms with E-state index in [-0.39, 0.29) is 36.3 Å². The van der Waals surface area contributed by atoms with E-state index in [4.69, 9.17) is 0 Å². The van der Waals surface area contributed by atoms with E-state index in [2.05, 4.69) is 0 Å². The number of benzene rings is 2. The Bertz CT molecular complexity index is 876. The molecule has 6 nitrogen and oxygen atoms in total. The first kappa shape index (κ1) is 20.3. The monoisotopic (exact) mass is 368 g/mol. The summed E-state index contributed by atoms with van der Waals surface area (Å²) in [5.74, 6) is -0.242. The Morgan fingerprint density at radius 1 is 1.07 bits per heavy atom. The topological polar surface area (TPSA) is 80.5 Å². The molecule has 0 unspecified atom stereocenters. The summed E-state index contributed by atoms with van der Waals surface area (Å²) >= 11 is 0. The minimum Gasteiger partial charge on any atom is -0.339 e. The highest BCUT2D eigenvalue weighted by Crippen LogP contribution is 2.24. The molecule has 1 atom stereocenters. The number of hydrogen-bond acceptors (Lipinski definition) is 4. The zero-order valence-electron chi connectivity index (χ0n) is 16.1. The molecule has 0 aliphatic rings. The molecule has 0 aliphatic heterocycles. The van der Waals surface area contributed by atoms with Crippen molar-refractivity contribution in [2.45, 2.75) is 39.7 Å². The van der Waals surface area contributed by atoms with Crippen LogP contribution < -0.4 is 0 Å². The van der Waals surface area contributed by atoms with Crippen LogP contribution in [0.4, 0.5) is 5.69 Å². The van der Waals surface area contributed by atoms with Crippen LogP contribution in [0, 0.1) is 24.0 Å². The zero-order chi connectivity index (χ0) is 20.1. The number of hydrogen-bond donors (Lipinski definition) is 0. The maximum absolute atomic E-state index is 12.5. The Kier molecular flexibility index (Phi) is 6.45. The summed E-state index contributed by atoms with van der Waals surface area (Å²) in [4.78, 5) is 36.8. The second-order valence-electron chi connectivity index (χ2n) is 6.75. The van der Waals surface area contributed by atoms with Crippen molar-refractivity contribution >= 4 is 17.4 Å². The molecule has 0 bridgehead atoms. The minimum atomic E-state index is -0.458. The van der Waals surface area contributed by atoms with E-state index in [0.29, 0.717) is 11.1 Å². The number of carbonyl (C=O) groups excluding carboxylic acids is 2. The predicted molar refractivity (Wildman–Crippen MR) is 104 cm³/mol. The molecule has 0 aromatic heterocycles. The third-order valence-electron chi connectivity index (χ3n) is 4.93. The summed E-state index contributed by atoms with van der Waals surface area (Å²) in [6.45, 7) is 5.74. The number of aryl methyl sites for hydroxylation is 2. The Balaban J connectivity index is 2.00. The summed E-state index contributed by atoms with van der Waals surface area (Å²) in [7, 11) is 1.65. The van der Waals surface area contributed by atoms with Crippen LogP contribution in [0.1, 0.15) is 52.9 Å². The molecule has 0 fully saturated rings. The van der Waals surface area contributed by atoms with Crippen molar-refractivity contribution in [3.63, 3.8) is 0 Å². The minimum absolute atomic E-state index is 0.00915. The van der Waals surface area contributed by atoms with Gasteiger partial charge in [0, 0.05) is 37.6 Å². The van der Waals surface area contributed by atoms with Crippen molar-refractivity contribution in [2.24, 2.45) is 0 Å². The van der Waals surface area contributed by atoms with Gasteiger partial charge in [0.05, 0.1) is 11.0 Å². The molecule has 2 aromatic rings. The largest absolute Gasteiger partial charge is 0.339 e. The van der Waals surface area contributed by atoms with Crippen molar-refractivity contribution in [1.82, 2.24) is 4.90 Å². The van der Waals surface area contributed by atoms with E-state index in [9.17, 15) is 19.7 Å². The molecule has 2 rings (SSSR count). The molecule has 27 heavy (non-hydrogen) atoms. The number of non-ortho nitro benzene ring substituents is 1. The van der Waals surface area contributed by atoms with E-state index in [1.54, 1.807) is 25.2 Å². The maximum Gasteiger partial charge on any atom is 0.269 e. The quantitative estimate of drug-likeness (QED) is 0.412. The maximum atomic E-state index is 12.5. The molecule has 0 saturated carbocycles. The molecule has 0 aliphatic carbocycles. The molecule has 0 N–H and O–H groups in total. The van der Waals surface area contributed by atoms with Gasteiger partial charge < -0.3 is 4.90 Å². The third kappa shape index (κ3) is 5.00. The molecule has 142 valence electrons. The van der Waals surface area contributed by atoms with Crippen LogP contribution >= 0.6 is 0 Å². The van der Waals surface area contributed by atoms with Gasteiger partial charge in [0.25, 0.3) is 5.69 Å². The van der Waals surface area contributed by atoms with Gasteiger partial charge in [-0.25, -0.2) is 0 Å². The first-order valence-corrected chi connectivity index (χ1v) is 8.81. The average molecular weight is 368 g/mol. The van der Waals surface area contributed by atoms with Crippen LogP contribution in [-0.4, -0.2) is 28.6 Å². The van der Waals surface area contributed by atoms with Crippen LogP contribution in [0.5, 0.6) is 0 Å². The zero-order valence-corrected chi connectivity index (χ0v) is 16.1. The fourth-order valence-corrected chi connectivity index (χ4v) is 2.79. The lowest BCUT2D eigenvalue weighted by atomic mass is 10.0. The van der Waals surface area contributed by atoms with Gasteiger partial charge in [-0.2, -0.15) is 0 Å². The van der Waals surface area contributed by atoms with Gasteiger partial charge in [-0.1, -0.05) is 24.3 Å². The van der Waals surface area contributed by atoms with Crippen molar-refractivity contribution < 1.29 is 14.5 Å². The number of Topliss-reactive ketones (excluding diaryl/α,β-unsaturated/α-hetero) is 1. The van der Waals surface area contributed by atoms with Gasteiger partial charge in [-0.3, -0.25) is 19.7 Å². The summed E-state index contributed by atoms with van der Waals surface area (Å²) in [6.07, 6.45) is 0.231. The van der Waals surface area contributed by atoms with E-state index in [1.807, 2.05) is 32.9 Å². The number of ketones is 1. The number of nitrogens with zero attached hydrogens (tertiary/aromatic N) is 2. The number of carbonyl (C=O) groups is 2. The van der Waals surface area contributed by atoms with Gasteiger partial charge >= 0.3 is 0 Å². The van der Waals surface area contributed by atoms with Crippen LogP contribution in [0.3, 0.4) is 0 Å². The van der Waals surface area contributed by atoms with E-state index >= 15 is 0 Å². The number of nitro groups is 1. The molecule has 6 heteroatoms. The van der Waals surface area contributed by atoms with Crippen molar-refractivity contribution in [2.75, 3.05) is 7.05 Å². The lowest BCUT2D eigenvalue weighted by Gasteiger charge is -2.25. The molecule has 1 amide bonds. The third-order valence-corrected chi connectivity index (χ3v) is 4.93. The molecule has 0 heterocycles. The Hall–Kier alpha value is -3.02. The van der Waals surface area contributed by atoms with Crippen molar-refractivity contribution in [3.8, 4) is 0 Å². The highest BCUT2D eigenvalue weighted by Gasteiger charge is 2.20. The molecule has 0 saturated heterocycles. The SMILES string of the molecule is Cc1ccc(C(=O)CCC(=O)N(C)[C@H](C)c2cccc([N+](=O)[O-])c2)cc1C. The first-order chi connectivity index (χ1) is 12.7. The van der Waals surface area contributed by atoms with E-state index in [0.717, 1.165) is 11.1 Å². The second kappa shape index (κ2) is 8.58. The lowest BCUT2D eigenvalue weighted by molar-refractivity contribution is -0.384. The van der Waals surface area contributed by atoms with Gasteiger partial charge in [-0.15, -0.1) is 0 Å². The lowest BCUT2D eigenvalue weighted by Crippen LogP contribution is -2.30. The van der Waals surface area contributed by atoms with Gasteiger partial charge in [0.15, 0.2) is 5.78 Å². The highest BCUT2D eigenvalue weighted by molar-refractivity contribution is 5.98. The molecule has 0 spiro atoms. The predicted octanol–water partition coefficient (Wildman–Crippen LogP) is 4.39. The van der Waals surface area contributed by atoms with Gasteiger partial charge in [0.2, 0.25) is 5.91 Å². The summed E-state index contributed by atoms with van der Waals surface area (Å²) < 4.78 is 0. The van der Waals surface area contributed by atoms with E-state index < -0.39 is 4.92 Å². The molecule has 2 aromatic carbocycles. The first-order valence-electron chi connectivity index (χ1n) is 8.81. The average Bonchev–Trinajstić information content (AvgIpc) is 2.66. The van der Waals surface area contributed by atoms with Crippen LogP contribution in [0.25, 0.3) is 0 Å². The summed E-state index contributed by atoms with van der Waals surface area (Å²) in [6, 6.07) is 11.4. The normalized spacial score (nSPS) is 11.7. The van der Waals surface area contributed by atoms with Crippen LogP contribution in [0.2, 0.25) is 0 Å². The Labute approximate surface area is 159 Å². The second-order valence-corrected chi connectivity index (χ2v) is 6.75. The number of amides is 1. The van der Waals surface area contributed by atoms with Gasteiger partial charge in [-0.05, 0) is 43.5 Å². The Morgan fingerprint density at radius 2 is 1.78 bits per heavy atom. The Morgan fingerprint density at radius 3 is 2.41 bits per heavy atom.